The summed E-state index contributed by atoms with van der Waals surface area (Å²) in [6.07, 6.45) is 1.08. The number of carbonyl (C=O) groups is 1. The van der Waals surface area contributed by atoms with Gasteiger partial charge in [-0.3, -0.25) is 9.78 Å². The van der Waals surface area contributed by atoms with Gasteiger partial charge in [-0.1, -0.05) is 18.2 Å². The first kappa shape index (κ1) is 23.6. The topological polar surface area (TPSA) is 68.5 Å². The normalized spacial score (nSPS) is 16.9. The number of halogens is 4. The van der Waals surface area contributed by atoms with Gasteiger partial charge in [0, 0.05) is 60.4 Å². The fourth-order valence-corrected chi connectivity index (χ4v) is 4.85. The fraction of sp³-hybridized carbons (Fsp3) is 0.185. The van der Waals surface area contributed by atoms with E-state index in [9.17, 15) is 18.0 Å². The monoisotopic (exact) mass is 495 g/mol. The molecule has 1 aromatic heterocycles. The van der Waals surface area contributed by atoms with Crippen molar-refractivity contribution in [3.8, 4) is 16.9 Å². The van der Waals surface area contributed by atoms with Crippen LogP contribution in [0.2, 0.25) is 0 Å². The molecule has 0 spiro atoms. The van der Waals surface area contributed by atoms with Gasteiger partial charge < -0.3 is 15.4 Å². The first-order valence-electron chi connectivity index (χ1n) is 11.2. The Hall–Kier alpha value is -4.14. The number of rotatable bonds is 4. The third kappa shape index (κ3) is 3.80. The highest BCUT2D eigenvalue weighted by molar-refractivity contribution is 6.02. The Morgan fingerprint density at radius 3 is 2.50 bits per heavy atom. The van der Waals surface area contributed by atoms with Gasteiger partial charge in [0.2, 0.25) is 5.91 Å². The van der Waals surface area contributed by atoms with Gasteiger partial charge in [0.1, 0.15) is 23.5 Å². The quantitative estimate of drug-likeness (QED) is 0.295. The largest absolute Gasteiger partial charge is 0.485 e. The fourth-order valence-electron chi connectivity index (χ4n) is 4.85. The second-order valence-electron chi connectivity index (χ2n) is 8.86. The average molecular weight is 495 g/mol. The SMILES string of the molecule is CN(C)c1c(C2CC(C(N)=O)c3ccccc3O2)cnc2c(-c3cc(F)cc(F)c3F)c(F)ccc12. The molecule has 3 aromatic carbocycles. The molecule has 2 heterocycles. The lowest BCUT2D eigenvalue weighted by Gasteiger charge is -2.33. The summed E-state index contributed by atoms with van der Waals surface area (Å²) < 4.78 is 63.8. The van der Waals surface area contributed by atoms with Crippen LogP contribution in [0.25, 0.3) is 22.0 Å². The number of pyridine rings is 1. The van der Waals surface area contributed by atoms with Crippen LogP contribution in [0.3, 0.4) is 0 Å². The summed E-state index contributed by atoms with van der Waals surface area (Å²) in [4.78, 5) is 18.4. The Labute approximate surface area is 204 Å². The lowest BCUT2D eigenvalue weighted by molar-refractivity contribution is -0.120. The lowest BCUT2D eigenvalue weighted by atomic mass is 9.86. The van der Waals surface area contributed by atoms with Crippen LogP contribution in [0.1, 0.15) is 29.6 Å². The number of para-hydroxylation sites is 1. The standard InChI is InChI=1S/C27H21F4N3O2/c1-34(2)26-15-7-8-19(29)23(17-9-13(28)10-20(30)24(17)31)25(15)33-12-18(26)22-11-16(27(32)35)14-5-3-4-6-21(14)36-22/h3-10,12,16,22H,11H2,1-2H3,(H2,32,35). The van der Waals surface area contributed by atoms with Gasteiger partial charge in [0.05, 0.1) is 17.1 Å². The second-order valence-corrected chi connectivity index (χ2v) is 8.86. The summed E-state index contributed by atoms with van der Waals surface area (Å²) in [5.41, 5.74) is 6.64. The molecule has 1 amide bonds. The van der Waals surface area contributed by atoms with Crippen molar-refractivity contribution in [3.63, 3.8) is 0 Å². The number of primary amides is 1. The summed E-state index contributed by atoms with van der Waals surface area (Å²) in [6.45, 7) is 0. The number of anilines is 1. The van der Waals surface area contributed by atoms with Crippen LogP contribution in [0.5, 0.6) is 5.75 Å². The maximum absolute atomic E-state index is 15.0. The van der Waals surface area contributed by atoms with Crippen LogP contribution in [-0.4, -0.2) is 25.0 Å². The second kappa shape index (κ2) is 8.82. The van der Waals surface area contributed by atoms with Gasteiger partial charge in [-0.2, -0.15) is 0 Å². The summed E-state index contributed by atoms with van der Waals surface area (Å²) in [5.74, 6) is -5.32. The van der Waals surface area contributed by atoms with Crippen molar-refractivity contribution in [2.75, 3.05) is 19.0 Å². The van der Waals surface area contributed by atoms with Gasteiger partial charge in [-0.05, 0) is 24.3 Å². The number of nitrogens with zero attached hydrogens (tertiary/aromatic N) is 2. The summed E-state index contributed by atoms with van der Waals surface area (Å²) >= 11 is 0. The highest BCUT2D eigenvalue weighted by Gasteiger charge is 2.35. The minimum atomic E-state index is -1.43. The molecule has 36 heavy (non-hydrogen) atoms. The smallest absolute Gasteiger partial charge is 0.225 e. The van der Waals surface area contributed by atoms with Gasteiger partial charge in [-0.15, -0.1) is 0 Å². The first-order valence-corrected chi connectivity index (χ1v) is 11.2. The van der Waals surface area contributed by atoms with Crippen molar-refractivity contribution in [2.45, 2.75) is 18.4 Å². The van der Waals surface area contributed by atoms with Crippen LogP contribution < -0.4 is 15.4 Å². The molecule has 0 saturated heterocycles. The molecule has 4 aromatic rings. The summed E-state index contributed by atoms with van der Waals surface area (Å²) in [5, 5.41) is 0.413. The maximum atomic E-state index is 15.0. The molecule has 1 aliphatic rings. The molecule has 0 bridgehead atoms. The summed E-state index contributed by atoms with van der Waals surface area (Å²) in [7, 11) is 3.51. The molecule has 2 atom stereocenters. The van der Waals surface area contributed by atoms with Gasteiger partial charge in [-0.25, -0.2) is 17.6 Å². The third-order valence-electron chi connectivity index (χ3n) is 6.40. The van der Waals surface area contributed by atoms with E-state index >= 15 is 4.39 Å². The van der Waals surface area contributed by atoms with Crippen LogP contribution in [0, 0.1) is 23.3 Å². The molecule has 1 aliphatic heterocycles. The van der Waals surface area contributed by atoms with Crippen LogP contribution in [0.15, 0.2) is 54.7 Å². The van der Waals surface area contributed by atoms with Crippen LogP contribution in [-0.2, 0) is 4.79 Å². The highest BCUT2D eigenvalue weighted by Crippen LogP contribution is 2.46. The Morgan fingerprint density at radius 2 is 1.78 bits per heavy atom. The Kier molecular flexibility index (Phi) is 5.78. The van der Waals surface area contributed by atoms with Crippen LogP contribution >= 0.6 is 0 Å². The predicted molar refractivity (Wildman–Crippen MR) is 128 cm³/mol. The molecule has 0 saturated carbocycles. The highest BCUT2D eigenvalue weighted by atomic mass is 19.2. The van der Waals surface area contributed by atoms with Crippen LogP contribution in [0.4, 0.5) is 23.2 Å². The van der Waals surface area contributed by atoms with E-state index in [1.54, 1.807) is 43.3 Å². The molecule has 0 aliphatic carbocycles. The molecule has 5 rings (SSSR count). The minimum absolute atomic E-state index is 0.0222. The Morgan fingerprint density at radius 1 is 1.03 bits per heavy atom. The number of hydrogen-bond donors (Lipinski definition) is 1. The van der Waals surface area contributed by atoms with E-state index in [-0.39, 0.29) is 17.5 Å². The van der Waals surface area contributed by atoms with E-state index in [1.807, 2.05) is 0 Å². The molecular weight excluding hydrogens is 474 g/mol. The van der Waals surface area contributed by atoms with Crippen molar-refractivity contribution in [3.05, 3.63) is 89.1 Å². The van der Waals surface area contributed by atoms with Crippen molar-refractivity contribution in [1.29, 1.82) is 0 Å². The Bertz CT molecular complexity index is 1520. The van der Waals surface area contributed by atoms with Gasteiger partial charge >= 0.3 is 0 Å². The molecular formula is C27H21F4N3O2. The predicted octanol–water partition coefficient (Wildman–Crippen LogP) is 5.62. The van der Waals surface area contributed by atoms with Crippen molar-refractivity contribution in [2.24, 2.45) is 5.73 Å². The number of nitrogens with two attached hydrogens (primary N) is 1. The van der Waals surface area contributed by atoms with Gasteiger partial charge in [0.25, 0.3) is 0 Å². The number of fused-ring (bicyclic) bond motifs is 2. The molecule has 184 valence electrons. The zero-order chi connectivity index (χ0) is 25.7. The van der Waals surface area contributed by atoms with E-state index < -0.39 is 46.8 Å². The Balaban J connectivity index is 1.73. The number of carbonyl (C=O) groups excluding carboxylic acids is 1. The van der Waals surface area contributed by atoms with Crippen molar-refractivity contribution in [1.82, 2.24) is 4.98 Å². The molecule has 0 fully saturated rings. The van der Waals surface area contributed by atoms with E-state index in [4.69, 9.17) is 10.5 Å². The number of hydrogen-bond acceptors (Lipinski definition) is 4. The lowest BCUT2D eigenvalue weighted by Crippen LogP contribution is -2.29. The molecule has 2 N–H and O–H groups in total. The van der Waals surface area contributed by atoms with E-state index in [0.717, 1.165) is 12.1 Å². The minimum Gasteiger partial charge on any atom is -0.485 e. The van der Waals surface area contributed by atoms with Crippen molar-refractivity contribution >= 4 is 22.5 Å². The average Bonchev–Trinajstić information content (AvgIpc) is 2.84. The number of benzene rings is 3. The molecule has 0 radical (unpaired) electrons. The van der Waals surface area contributed by atoms with Gasteiger partial charge in [0.15, 0.2) is 11.6 Å². The van der Waals surface area contributed by atoms with Crippen molar-refractivity contribution < 1.29 is 27.1 Å². The molecule has 5 nitrogen and oxygen atoms in total. The third-order valence-corrected chi connectivity index (χ3v) is 6.40. The maximum Gasteiger partial charge on any atom is 0.225 e. The molecule has 2 unspecified atom stereocenters. The van der Waals surface area contributed by atoms with E-state index in [2.05, 4.69) is 4.98 Å². The van der Waals surface area contributed by atoms with E-state index in [1.165, 1.54) is 12.3 Å². The van der Waals surface area contributed by atoms with E-state index in [0.29, 0.717) is 34.0 Å². The number of ether oxygens (including phenoxy) is 1. The zero-order valence-corrected chi connectivity index (χ0v) is 19.4. The zero-order valence-electron chi connectivity index (χ0n) is 19.4. The number of aromatic nitrogens is 1. The number of amides is 1. The first-order chi connectivity index (χ1) is 17.2. The summed E-state index contributed by atoms with van der Waals surface area (Å²) in [6, 6.07) is 10.8. The molecule has 9 heteroatoms.